The predicted octanol–water partition coefficient (Wildman–Crippen LogP) is 3.96. The van der Waals surface area contributed by atoms with Gasteiger partial charge < -0.3 is 0 Å². The fraction of sp³-hybridized carbons (Fsp3) is 0.250. The summed E-state index contributed by atoms with van der Waals surface area (Å²) < 4.78 is 7.79. The van der Waals surface area contributed by atoms with Gasteiger partial charge in [-0.1, -0.05) is 0 Å². The zero-order valence-electron chi connectivity index (χ0n) is 8.82. The maximum atomic E-state index is 4.44. The van der Waals surface area contributed by atoms with E-state index in [1.807, 2.05) is 0 Å². The first kappa shape index (κ1) is 15.3. The van der Waals surface area contributed by atoms with E-state index in [0.717, 1.165) is 0 Å². The third kappa shape index (κ3) is 3.38. The molecule has 2 aliphatic carbocycles. The molecule has 82 valence electrons. The van der Waals surface area contributed by atoms with Gasteiger partial charge in [-0.15, -0.1) is 24.8 Å². The van der Waals surface area contributed by atoms with Gasteiger partial charge in [0.2, 0.25) is 0 Å². The molecular formula is C12H16Cl2Zr. The normalized spacial score (nSPS) is 17.3. The van der Waals surface area contributed by atoms with Gasteiger partial charge in [-0.25, -0.2) is 0 Å². The Morgan fingerprint density at radius 1 is 1.20 bits per heavy atom. The molecule has 0 N–H and O–H groups in total. The molecule has 0 aromatic carbocycles. The van der Waals surface area contributed by atoms with Crippen LogP contribution in [0.25, 0.3) is 0 Å². The van der Waals surface area contributed by atoms with E-state index in [1.165, 1.54) is 18.4 Å². The Bertz CT molecular complexity index is 373. The van der Waals surface area contributed by atoms with Crippen molar-refractivity contribution in [2.75, 3.05) is 0 Å². The standard InChI is InChI=1S/C6H7.C5H5.CH2.2ClH.Zr/c1-6-4-2-3-5-6;1-2-4-5-3-1;;;;/h2,4H,3H2,1H3;1-3H,4H2;1H2;2*1H;. The first-order valence-electron chi connectivity index (χ1n) is 4.70. The summed E-state index contributed by atoms with van der Waals surface area (Å²) in [5.74, 6) is 0. The fourth-order valence-corrected chi connectivity index (χ4v) is 6.69. The summed E-state index contributed by atoms with van der Waals surface area (Å²) >= 11 is -1.58. The molecule has 0 radical (unpaired) electrons. The van der Waals surface area contributed by atoms with E-state index >= 15 is 0 Å². The van der Waals surface area contributed by atoms with Crippen molar-refractivity contribution in [1.82, 2.24) is 0 Å². The Kier molecular flexibility index (Phi) is 6.92. The molecule has 0 bridgehead atoms. The maximum absolute atomic E-state index is 4.44. The third-order valence-corrected chi connectivity index (χ3v) is 8.77. The molecule has 0 unspecified atom stereocenters. The first-order chi connectivity index (χ1) is 6.29. The summed E-state index contributed by atoms with van der Waals surface area (Å²) in [6, 6.07) is 0. The van der Waals surface area contributed by atoms with Gasteiger partial charge in [0, 0.05) is 0 Å². The third-order valence-electron chi connectivity index (χ3n) is 2.69. The van der Waals surface area contributed by atoms with Gasteiger partial charge >= 0.3 is 87.8 Å². The molecule has 2 rings (SSSR count). The zero-order valence-corrected chi connectivity index (χ0v) is 12.9. The van der Waals surface area contributed by atoms with Crippen LogP contribution >= 0.6 is 24.8 Å². The van der Waals surface area contributed by atoms with Crippen molar-refractivity contribution in [3.05, 3.63) is 42.5 Å². The Balaban J connectivity index is 0.000000980. The number of allylic oxidation sites excluding steroid dienone is 8. The van der Waals surface area contributed by atoms with E-state index in [-0.39, 0.29) is 24.8 Å². The molecule has 0 aliphatic heterocycles. The van der Waals surface area contributed by atoms with Crippen LogP contribution in [0, 0.1) is 0 Å². The molecule has 0 aromatic heterocycles. The second-order valence-corrected chi connectivity index (χ2v) is 8.99. The fourth-order valence-electron chi connectivity index (χ4n) is 1.84. The van der Waals surface area contributed by atoms with Crippen molar-refractivity contribution < 1.29 is 21.3 Å². The van der Waals surface area contributed by atoms with E-state index in [2.05, 4.69) is 41.5 Å². The summed E-state index contributed by atoms with van der Waals surface area (Å²) in [4.78, 5) is 0. The van der Waals surface area contributed by atoms with E-state index < -0.39 is 21.3 Å². The SMILES string of the molecule is Cl.Cl.[CH2]=[Zr]([C]1=CC=CC1)[C]1=C(C)C=CC1. The quantitative estimate of drug-likeness (QED) is 0.722. The number of halogens is 2. The van der Waals surface area contributed by atoms with Crippen molar-refractivity contribution in [2.24, 2.45) is 0 Å². The van der Waals surface area contributed by atoms with Gasteiger partial charge in [0.15, 0.2) is 0 Å². The molecule has 2 aliphatic rings. The summed E-state index contributed by atoms with van der Waals surface area (Å²) in [7, 11) is 0. The average Bonchev–Trinajstić information content (AvgIpc) is 2.72. The van der Waals surface area contributed by atoms with Crippen LogP contribution in [-0.2, 0) is 21.3 Å². The van der Waals surface area contributed by atoms with Crippen LogP contribution in [0.15, 0.2) is 42.5 Å². The van der Waals surface area contributed by atoms with E-state index in [0.29, 0.717) is 0 Å². The molecule has 0 saturated heterocycles. The number of rotatable bonds is 2. The molecule has 0 amide bonds. The van der Waals surface area contributed by atoms with Crippen molar-refractivity contribution in [3.63, 3.8) is 0 Å². The van der Waals surface area contributed by atoms with Crippen LogP contribution in [0.2, 0.25) is 0 Å². The van der Waals surface area contributed by atoms with Crippen molar-refractivity contribution >= 4 is 29.0 Å². The molecular weight excluding hydrogens is 306 g/mol. The van der Waals surface area contributed by atoms with Gasteiger partial charge in [-0.2, -0.15) is 0 Å². The molecule has 0 nitrogen and oxygen atoms in total. The summed E-state index contributed by atoms with van der Waals surface area (Å²) in [6.07, 6.45) is 13.6. The van der Waals surface area contributed by atoms with Crippen LogP contribution in [0.1, 0.15) is 19.8 Å². The molecule has 0 saturated carbocycles. The molecule has 15 heavy (non-hydrogen) atoms. The predicted molar refractivity (Wildman–Crippen MR) is 69.9 cm³/mol. The van der Waals surface area contributed by atoms with Crippen molar-refractivity contribution in [2.45, 2.75) is 19.8 Å². The second-order valence-electron chi connectivity index (χ2n) is 3.57. The molecule has 0 heterocycles. The van der Waals surface area contributed by atoms with Crippen LogP contribution in [-0.4, -0.2) is 4.21 Å². The summed E-state index contributed by atoms with van der Waals surface area (Å²) in [6.45, 7) is 2.23. The van der Waals surface area contributed by atoms with Gasteiger partial charge in [0.1, 0.15) is 0 Å². The molecule has 0 spiro atoms. The Labute approximate surface area is 112 Å². The number of hydrogen-bond acceptors (Lipinski definition) is 0. The van der Waals surface area contributed by atoms with E-state index in [4.69, 9.17) is 0 Å². The summed E-state index contributed by atoms with van der Waals surface area (Å²) in [5.41, 5.74) is 1.50. The average molecular weight is 322 g/mol. The van der Waals surface area contributed by atoms with Crippen LogP contribution in [0.4, 0.5) is 0 Å². The van der Waals surface area contributed by atoms with Gasteiger partial charge in [-0.05, 0) is 0 Å². The molecule has 0 atom stereocenters. The summed E-state index contributed by atoms with van der Waals surface area (Å²) in [5, 5.41) is 0. The van der Waals surface area contributed by atoms with Crippen LogP contribution in [0.3, 0.4) is 0 Å². The monoisotopic (exact) mass is 320 g/mol. The van der Waals surface area contributed by atoms with E-state index in [1.54, 1.807) is 6.56 Å². The topological polar surface area (TPSA) is 0 Å². The molecule has 3 heteroatoms. The zero-order chi connectivity index (χ0) is 9.26. The van der Waals surface area contributed by atoms with Crippen LogP contribution in [0.5, 0.6) is 0 Å². The minimum absolute atomic E-state index is 0. The minimum atomic E-state index is -1.58. The molecule has 0 fully saturated rings. The Morgan fingerprint density at radius 2 is 1.93 bits per heavy atom. The number of hydrogen-bond donors (Lipinski definition) is 0. The molecule has 0 aromatic rings. The van der Waals surface area contributed by atoms with Gasteiger partial charge in [0.05, 0.1) is 0 Å². The Hall–Kier alpha value is 0.293. The van der Waals surface area contributed by atoms with Gasteiger partial charge in [0.25, 0.3) is 0 Å². The second kappa shape index (κ2) is 6.79. The van der Waals surface area contributed by atoms with E-state index in [9.17, 15) is 0 Å². The Morgan fingerprint density at radius 3 is 2.40 bits per heavy atom. The van der Waals surface area contributed by atoms with Crippen LogP contribution < -0.4 is 0 Å². The van der Waals surface area contributed by atoms with Crippen molar-refractivity contribution in [1.29, 1.82) is 0 Å². The van der Waals surface area contributed by atoms with Crippen molar-refractivity contribution in [3.8, 4) is 0 Å². The first-order valence-corrected chi connectivity index (χ1v) is 8.90. The van der Waals surface area contributed by atoms with Gasteiger partial charge in [-0.3, -0.25) is 0 Å².